The van der Waals surface area contributed by atoms with Gasteiger partial charge in [0.1, 0.15) is 11.6 Å². The van der Waals surface area contributed by atoms with Crippen molar-refractivity contribution in [3.63, 3.8) is 0 Å². The number of benzene rings is 2. The van der Waals surface area contributed by atoms with E-state index in [2.05, 4.69) is 21.9 Å². The maximum atomic E-state index is 15.0. The molecule has 0 aromatic heterocycles. The summed E-state index contributed by atoms with van der Waals surface area (Å²) in [6.07, 6.45) is 4.17. The highest BCUT2D eigenvalue weighted by molar-refractivity contribution is 7.97. The van der Waals surface area contributed by atoms with Crippen LogP contribution in [0.4, 0.5) is 14.5 Å². The lowest BCUT2D eigenvalue weighted by Crippen LogP contribution is -2.48. The molecular formula is C29H38ClF2N3O2S. The van der Waals surface area contributed by atoms with E-state index in [-0.39, 0.29) is 35.9 Å². The number of nitrogens with zero attached hydrogens (tertiary/aromatic N) is 1. The molecule has 2 aromatic carbocycles. The molecule has 2 aliphatic rings. The van der Waals surface area contributed by atoms with Crippen LogP contribution in [0.5, 0.6) is 0 Å². The molecule has 1 amide bonds. The van der Waals surface area contributed by atoms with Crippen LogP contribution in [0, 0.1) is 17.6 Å². The average Bonchev–Trinajstić information content (AvgIpc) is 2.91. The van der Waals surface area contributed by atoms with Crippen molar-refractivity contribution in [1.82, 2.24) is 9.62 Å². The number of amides is 1. The third-order valence-corrected chi connectivity index (χ3v) is 9.11. The second kappa shape index (κ2) is 14.6. The van der Waals surface area contributed by atoms with Crippen LogP contribution in [0.2, 0.25) is 5.02 Å². The van der Waals surface area contributed by atoms with Crippen LogP contribution in [0.15, 0.2) is 36.4 Å². The zero-order valence-electron chi connectivity index (χ0n) is 22.0. The van der Waals surface area contributed by atoms with Crippen molar-refractivity contribution in [2.45, 2.75) is 57.4 Å². The molecule has 208 valence electrons. The van der Waals surface area contributed by atoms with Gasteiger partial charge >= 0.3 is 0 Å². The van der Waals surface area contributed by atoms with E-state index in [1.165, 1.54) is 6.07 Å². The zero-order chi connectivity index (χ0) is 26.9. The first-order valence-corrected chi connectivity index (χ1v) is 15.0. The maximum absolute atomic E-state index is 15.0. The molecule has 0 radical (unpaired) electrons. The molecule has 2 atom stereocenters. The van der Waals surface area contributed by atoms with Crippen LogP contribution in [0.25, 0.3) is 0 Å². The summed E-state index contributed by atoms with van der Waals surface area (Å²) < 4.78 is 37.2. The Labute approximate surface area is 234 Å². The lowest BCUT2D eigenvalue weighted by molar-refractivity contribution is -0.117. The number of halogens is 3. The Balaban J connectivity index is 1.47. The van der Waals surface area contributed by atoms with Crippen LogP contribution < -0.4 is 10.6 Å². The van der Waals surface area contributed by atoms with E-state index in [9.17, 15) is 9.18 Å². The fraction of sp³-hybridized carbons (Fsp3) is 0.552. The van der Waals surface area contributed by atoms with Crippen LogP contribution in [0.3, 0.4) is 0 Å². The molecular weight excluding hydrogens is 528 g/mol. The van der Waals surface area contributed by atoms with Crippen molar-refractivity contribution in [3.8, 4) is 0 Å². The van der Waals surface area contributed by atoms with Gasteiger partial charge in [0.15, 0.2) is 0 Å². The van der Waals surface area contributed by atoms with E-state index in [1.807, 2.05) is 36.2 Å². The minimum absolute atomic E-state index is 0.0320. The molecule has 2 aliphatic heterocycles. The summed E-state index contributed by atoms with van der Waals surface area (Å²) in [4.78, 5) is 13.3. The van der Waals surface area contributed by atoms with Crippen LogP contribution in [0.1, 0.15) is 56.1 Å². The summed E-state index contributed by atoms with van der Waals surface area (Å²) in [6, 6.07) is 9.99. The Hall–Kier alpha value is -1.71. The summed E-state index contributed by atoms with van der Waals surface area (Å²) in [5.74, 6) is -0.261. The topological polar surface area (TPSA) is 53.6 Å². The lowest BCUT2D eigenvalue weighted by Gasteiger charge is -2.35. The van der Waals surface area contributed by atoms with Gasteiger partial charge < -0.3 is 15.4 Å². The molecule has 0 bridgehead atoms. The maximum Gasteiger partial charge on any atom is 0.225 e. The van der Waals surface area contributed by atoms with E-state index < -0.39 is 11.6 Å². The number of carbonyl (C=O) groups excluding carboxylic acids is 1. The molecule has 2 saturated heterocycles. The van der Waals surface area contributed by atoms with Crippen molar-refractivity contribution in [1.29, 1.82) is 0 Å². The fourth-order valence-corrected chi connectivity index (χ4v) is 6.59. The van der Waals surface area contributed by atoms with Crippen molar-refractivity contribution >= 4 is 35.1 Å². The first-order chi connectivity index (χ1) is 18.4. The monoisotopic (exact) mass is 565 g/mol. The van der Waals surface area contributed by atoms with E-state index in [0.29, 0.717) is 36.6 Å². The van der Waals surface area contributed by atoms with E-state index in [1.54, 1.807) is 0 Å². The highest BCUT2D eigenvalue weighted by Gasteiger charge is 2.29. The molecule has 2 fully saturated rings. The zero-order valence-corrected chi connectivity index (χ0v) is 23.6. The summed E-state index contributed by atoms with van der Waals surface area (Å²) in [6.45, 7) is 6.19. The predicted molar refractivity (Wildman–Crippen MR) is 152 cm³/mol. The number of nitrogens with one attached hydrogen (secondary N) is 2. The molecule has 9 heteroatoms. The van der Waals surface area contributed by atoms with Gasteiger partial charge in [0, 0.05) is 73.4 Å². The van der Waals surface area contributed by atoms with E-state index in [4.69, 9.17) is 16.3 Å². The molecule has 4 rings (SSSR count). The van der Waals surface area contributed by atoms with Crippen LogP contribution in [-0.4, -0.2) is 54.9 Å². The summed E-state index contributed by atoms with van der Waals surface area (Å²) in [5.41, 5.74) is 1.63. The second-order valence-corrected chi connectivity index (χ2v) is 11.7. The standard InChI is InChI=1S/C29H38ClF2N3O2S/c1-2-15-38-35-12-11-33-19-24(35)7-8-25-27(32)16-23(31)17-28(25)34-29(36)18-26(21-9-13-37-14-10-21)20-3-5-22(30)6-4-20/h3-6,16-17,21,24,26,33H,2,7-15,18-19H2,1H3,(H,34,36). The Bertz CT molecular complexity index is 1050. The number of hydrogen-bond acceptors (Lipinski definition) is 5. The molecule has 0 spiro atoms. The second-order valence-electron chi connectivity index (χ2n) is 10.1. The molecule has 2 N–H and O–H groups in total. The molecule has 2 heterocycles. The normalized spacial score (nSPS) is 19.8. The number of ether oxygens (including phenoxy) is 1. The Kier molecular flexibility index (Phi) is 11.3. The van der Waals surface area contributed by atoms with E-state index >= 15 is 4.39 Å². The first-order valence-electron chi connectivity index (χ1n) is 13.7. The van der Waals surface area contributed by atoms with Gasteiger partial charge in [-0.2, -0.15) is 0 Å². The highest BCUT2D eigenvalue weighted by Crippen LogP contribution is 2.36. The van der Waals surface area contributed by atoms with Crippen LogP contribution in [-0.2, 0) is 16.0 Å². The average molecular weight is 566 g/mol. The molecule has 2 unspecified atom stereocenters. The van der Waals surface area contributed by atoms with Gasteiger partial charge in [-0.3, -0.25) is 4.79 Å². The van der Waals surface area contributed by atoms with Crippen molar-refractivity contribution in [2.75, 3.05) is 43.9 Å². The fourth-order valence-electron chi connectivity index (χ4n) is 5.43. The molecule has 38 heavy (non-hydrogen) atoms. The summed E-state index contributed by atoms with van der Waals surface area (Å²) in [7, 11) is 0. The minimum atomic E-state index is -0.695. The van der Waals surface area contributed by atoms with Crippen molar-refractivity contribution in [3.05, 3.63) is 64.2 Å². The quantitative estimate of drug-likeness (QED) is 0.308. The Morgan fingerprint density at radius 2 is 2.00 bits per heavy atom. The number of hydrogen-bond donors (Lipinski definition) is 2. The van der Waals surface area contributed by atoms with Gasteiger partial charge in [-0.15, -0.1) is 0 Å². The van der Waals surface area contributed by atoms with E-state index in [0.717, 1.165) is 56.3 Å². The first kappa shape index (κ1) is 29.3. The predicted octanol–water partition coefficient (Wildman–Crippen LogP) is 6.42. The molecule has 5 nitrogen and oxygen atoms in total. The highest BCUT2D eigenvalue weighted by atomic mass is 35.5. The van der Waals surface area contributed by atoms with Gasteiger partial charge in [-0.05, 0) is 67.7 Å². The SMILES string of the molecule is CCCSN1CCNCC1CCc1c(F)cc(F)cc1NC(=O)CC(c1ccc(Cl)cc1)C1CCOCC1. The molecule has 2 aromatic rings. The Morgan fingerprint density at radius 3 is 2.74 bits per heavy atom. The smallest absolute Gasteiger partial charge is 0.225 e. The van der Waals surface area contributed by atoms with Gasteiger partial charge in [-0.25, -0.2) is 13.1 Å². The molecule has 0 saturated carbocycles. The van der Waals surface area contributed by atoms with Crippen LogP contribution >= 0.6 is 23.5 Å². The van der Waals surface area contributed by atoms with Crippen molar-refractivity contribution in [2.24, 2.45) is 5.92 Å². The molecule has 0 aliphatic carbocycles. The minimum Gasteiger partial charge on any atom is -0.381 e. The third kappa shape index (κ3) is 8.15. The number of carbonyl (C=O) groups is 1. The van der Waals surface area contributed by atoms with Gasteiger partial charge in [0.25, 0.3) is 0 Å². The number of rotatable bonds is 11. The largest absolute Gasteiger partial charge is 0.381 e. The van der Waals surface area contributed by atoms with Crippen molar-refractivity contribution < 1.29 is 18.3 Å². The van der Waals surface area contributed by atoms with Gasteiger partial charge in [0.2, 0.25) is 5.91 Å². The number of piperazine rings is 1. The summed E-state index contributed by atoms with van der Waals surface area (Å²) >= 11 is 7.94. The summed E-state index contributed by atoms with van der Waals surface area (Å²) in [5, 5.41) is 6.93. The van der Waals surface area contributed by atoms with Gasteiger partial charge in [0.05, 0.1) is 0 Å². The van der Waals surface area contributed by atoms with Gasteiger partial charge in [-0.1, -0.05) is 42.6 Å². The Morgan fingerprint density at radius 1 is 1.24 bits per heavy atom. The lowest BCUT2D eigenvalue weighted by atomic mass is 9.79. The third-order valence-electron chi connectivity index (χ3n) is 7.46. The number of anilines is 1.